The van der Waals surface area contributed by atoms with Gasteiger partial charge in [-0.2, -0.15) is 0 Å². The zero-order chi connectivity index (χ0) is 7.56. The van der Waals surface area contributed by atoms with Gasteiger partial charge in [-0.25, -0.2) is 0 Å². The average Bonchev–Trinajstić information content (AvgIpc) is 1.88. The fourth-order valence-electron chi connectivity index (χ4n) is 1.20. The molecular formula is C10H20O. The SMILES string of the molecule is C.CC1=CCO[C@H](C(C)C)C1. The molecule has 1 aliphatic heterocycles. The van der Waals surface area contributed by atoms with E-state index in [2.05, 4.69) is 26.8 Å². The Hall–Kier alpha value is -0.300. The van der Waals surface area contributed by atoms with Crippen LogP contribution in [0.3, 0.4) is 0 Å². The lowest BCUT2D eigenvalue weighted by atomic mass is 9.98. The van der Waals surface area contributed by atoms with E-state index in [0.717, 1.165) is 13.0 Å². The first-order valence-electron chi connectivity index (χ1n) is 3.97. The maximum atomic E-state index is 5.53. The lowest BCUT2D eigenvalue weighted by Gasteiger charge is -2.24. The fraction of sp³-hybridized carbons (Fsp3) is 0.800. The molecule has 1 rings (SSSR count). The van der Waals surface area contributed by atoms with E-state index >= 15 is 0 Å². The van der Waals surface area contributed by atoms with Gasteiger partial charge in [-0.1, -0.05) is 32.9 Å². The molecule has 0 aliphatic carbocycles. The van der Waals surface area contributed by atoms with Gasteiger partial charge in [0.05, 0.1) is 12.7 Å². The predicted molar refractivity (Wildman–Crippen MR) is 49.7 cm³/mol. The van der Waals surface area contributed by atoms with Crippen molar-refractivity contribution in [2.24, 2.45) is 5.92 Å². The predicted octanol–water partition coefficient (Wildman–Crippen LogP) is 3.01. The molecule has 0 fully saturated rings. The number of hydrogen-bond acceptors (Lipinski definition) is 1. The smallest absolute Gasteiger partial charge is 0.0654 e. The Bertz CT molecular complexity index is 136. The lowest BCUT2D eigenvalue weighted by Crippen LogP contribution is -2.23. The van der Waals surface area contributed by atoms with Gasteiger partial charge in [0.25, 0.3) is 0 Å². The van der Waals surface area contributed by atoms with Crippen LogP contribution >= 0.6 is 0 Å². The van der Waals surface area contributed by atoms with Gasteiger partial charge >= 0.3 is 0 Å². The Kier molecular flexibility index (Phi) is 4.43. The van der Waals surface area contributed by atoms with E-state index in [-0.39, 0.29) is 7.43 Å². The number of ether oxygens (including phenoxy) is 1. The largest absolute Gasteiger partial charge is 0.374 e. The molecule has 0 unspecified atom stereocenters. The summed E-state index contributed by atoms with van der Waals surface area (Å²) in [7, 11) is 0. The van der Waals surface area contributed by atoms with Crippen LogP contribution < -0.4 is 0 Å². The van der Waals surface area contributed by atoms with Crippen molar-refractivity contribution in [1.29, 1.82) is 0 Å². The van der Waals surface area contributed by atoms with Crippen molar-refractivity contribution < 1.29 is 4.74 Å². The van der Waals surface area contributed by atoms with E-state index in [4.69, 9.17) is 4.74 Å². The molecule has 0 amide bonds. The van der Waals surface area contributed by atoms with Crippen molar-refractivity contribution >= 4 is 0 Å². The number of rotatable bonds is 1. The summed E-state index contributed by atoms with van der Waals surface area (Å²) in [6.07, 6.45) is 3.75. The van der Waals surface area contributed by atoms with Crippen molar-refractivity contribution in [3.05, 3.63) is 11.6 Å². The molecule has 11 heavy (non-hydrogen) atoms. The van der Waals surface area contributed by atoms with Crippen molar-refractivity contribution in [3.63, 3.8) is 0 Å². The third kappa shape index (κ3) is 3.06. The summed E-state index contributed by atoms with van der Waals surface area (Å²) >= 11 is 0. The van der Waals surface area contributed by atoms with Crippen molar-refractivity contribution in [2.45, 2.75) is 40.7 Å². The van der Waals surface area contributed by atoms with Gasteiger partial charge in [-0.3, -0.25) is 0 Å². The third-order valence-corrected chi connectivity index (χ3v) is 2.01. The summed E-state index contributed by atoms with van der Waals surface area (Å²) in [4.78, 5) is 0. The second-order valence-corrected chi connectivity index (χ2v) is 3.37. The van der Waals surface area contributed by atoms with Crippen LogP contribution in [0.4, 0.5) is 0 Å². The normalized spacial score (nSPS) is 24.4. The summed E-state index contributed by atoms with van der Waals surface area (Å²) in [6, 6.07) is 0. The lowest BCUT2D eigenvalue weighted by molar-refractivity contribution is 0.0317. The van der Waals surface area contributed by atoms with E-state index in [0.29, 0.717) is 12.0 Å². The summed E-state index contributed by atoms with van der Waals surface area (Å²) in [5.41, 5.74) is 1.48. The topological polar surface area (TPSA) is 9.23 Å². The number of hydrogen-bond donors (Lipinski definition) is 0. The second-order valence-electron chi connectivity index (χ2n) is 3.37. The fourth-order valence-corrected chi connectivity index (χ4v) is 1.20. The molecule has 0 radical (unpaired) electrons. The molecule has 0 N–H and O–H groups in total. The second kappa shape index (κ2) is 4.55. The highest BCUT2D eigenvalue weighted by molar-refractivity contribution is 5.03. The van der Waals surface area contributed by atoms with Crippen molar-refractivity contribution in [1.82, 2.24) is 0 Å². The Morgan fingerprint density at radius 1 is 1.55 bits per heavy atom. The summed E-state index contributed by atoms with van der Waals surface area (Å²) in [5.74, 6) is 0.656. The minimum absolute atomic E-state index is 0. The van der Waals surface area contributed by atoms with Gasteiger partial charge in [-0.05, 0) is 19.3 Å². The molecule has 0 spiro atoms. The molecular weight excluding hydrogens is 136 g/mol. The quantitative estimate of drug-likeness (QED) is 0.530. The highest BCUT2D eigenvalue weighted by atomic mass is 16.5. The molecule has 66 valence electrons. The standard InChI is InChI=1S/C9H16O.CH4/c1-7(2)9-6-8(3)4-5-10-9;/h4,7,9H,5-6H2,1-3H3;1H4/t9-;/m0./s1. The van der Waals surface area contributed by atoms with Gasteiger partial charge in [0.2, 0.25) is 0 Å². The molecule has 0 aromatic heterocycles. The van der Waals surface area contributed by atoms with Crippen molar-refractivity contribution in [3.8, 4) is 0 Å². The third-order valence-electron chi connectivity index (χ3n) is 2.01. The van der Waals surface area contributed by atoms with Crippen molar-refractivity contribution in [2.75, 3.05) is 6.61 Å². The molecule has 1 nitrogen and oxygen atoms in total. The molecule has 0 saturated carbocycles. The van der Waals surface area contributed by atoms with E-state index in [1.807, 2.05) is 0 Å². The molecule has 1 atom stereocenters. The van der Waals surface area contributed by atoms with E-state index in [1.54, 1.807) is 0 Å². The molecule has 0 saturated heterocycles. The Morgan fingerprint density at radius 2 is 2.18 bits per heavy atom. The minimum atomic E-state index is 0. The molecule has 0 bridgehead atoms. The van der Waals surface area contributed by atoms with E-state index in [1.165, 1.54) is 5.57 Å². The zero-order valence-electron chi connectivity index (χ0n) is 7.05. The summed E-state index contributed by atoms with van der Waals surface area (Å²) in [5, 5.41) is 0. The zero-order valence-corrected chi connectivity index (χ0v) is 7.05. The maximum absolute atomic E-state index is 5.53. The first-order chi connectivity index (χ1) is 4.70. The molecule has 0 aromatic carbocycles. The van der Waals surface area contributed by atoms with Crippen LogP contribution in [0.1, 0.15) is 34.6 Å². The van der Waals surface area contributed by atoms with E-state index in [9.17, 15) is 0 Å². The highest BCUT2D eigenvalue weighted by Crippen LogP contribution is 2.19. The van der Waals surface area contributed by atoms with Gasteiger partial charge in [0.1, 0.15) is 0 Å². The van der Waals surface area contributed by atoms with Crippen LogP contribution in [0.25, 0.3) is 0 Å². The Labute approximate surface area is 70.4 Å². The first-order valence-corrected chi connectivity index (χ1v) is 3.97. The van der Waals surface area contributed by atoms with Gasteiger partial charge in [-0.15, -0.1) is 0 Å². The minimum Gasteiger partial charge on any atom is -0.374 e. The molecule has 1 aliphatic rings. The Balaban J connectivity index is 0.000001000. The molecule has 1 heterocycles. The first kappa shape index (κ1) is 10.7. The highest BCUT2D eigenvalue weighted by Gasteiger charge is 2.16. The van der Waals surface area contributed by atoms with Crippen LogP contribution in [0.5, 0.6) is 0 Å². The summed E-state index contributed by atoms with van der Waals surface area (Å²) < 4.78 is 5.53. The van der Waals surface area contributed by atoms with Crippen LogP contribution in [0.15, 0.2) is 11.6 Å². The summed E-state index contributed by atoms with van der Waals surface area (Å²) in [6.45, 7) is 7.42. The van der Waals surface area contributed by atoms with Crippen LogP contribution in [0, 0.1) is 5.92 Å². The van der Waals surface area contributed by atoms with Crippen LogP contribution in [0.2, 0.25) is 0 Å². The van der Waals surface area contributed by atoms with Crippen LogP contribution in [-0.4, -0.2) is 12.7 Å². The molecule has 0 aromatic rings. The van der Waals surface area contributed by atoms with Gasteiger partial charge in [0.15, 0.2) is 0 Å². The van der Waals surface area contributed by atoms with Gasteiger partial charge in [0, 0.05) is 0 Å². The van der Waals surface area contributed by atoms with Crippen LogP contribution in [-0.2, 0) is 4.74 Å². The van der Waals surface area contributed by atoms with Gasteiger partial charge < -0.3 is 4.74 Å². The Morgan fingerprint density at radius 3 is 2.55 bits per heavy atom. The van der Waals surface area contributed by atoms with E-state index < -0.39 is 0 Å². The maximum Gasteiger partial charge on any atom is 0.0654 e. The average molecular weight is 156 g/mol. The molecule has 1 heteroatoms. The monoisotopic (exact) mass is 156 g/mol.